The first-order valence-electron chi connectivity index (χ1n) is 10.9. The molecule has 2 heteroatoms. The van der Waals surface area contributed by atoms with Gasteiger partial charge >= 0.3 is 0 Å². The van der Waals surface area contributed by atoms with Crippen molar-refractivity contribution in [1.82, 2.24) is 4.98 Å². The summed E-state index contributed by atoms with van der Waals surface area (Å²) in [7, 11) is 0. The zero-order valence-corrected chi connectivity index (χ0v) is 19.8. The molecular weight excluding hydrogens is 543 g/mol. The molecular formula is C28H26IrN-. The van der Waals surface area contributed by atoms with Crippen LogP contribution in [0.25, 0.3) is 44.4 Å². The fraction of sp³-hybridized carbons (Fsp3) is 0.250. The molecule has 153 valence electrons. The molecule has 5 rings (SSSR count). The Morgan fingerprint density at radius 3 is 2.37 bits per heavy atom. The number of aromatic nitrogens is 1. The Labute approximate surface area is 192 Å². The minimum absolute atomic E-state index is 0. The summed E-state index contributed by atoms with van der Waals surface area (Å²) in [6, 6.07) is 27.4. The van der Waals surface area contributed by atoms with Gasteiger partial charge in [-0.2, -0.15) is 0 Å². The number of pyridine rings is 1. The molecule has 0 bridgehead atoms. The van der Waals surface area contributed by atoms with E-state index in [0.717, 1.165) is 23.2 Å². The maximum absolute atomic E-state index is 5.02. The van der Waals surface area contributed by atoms with Crippen LogP contribution in [0.3, 0.4) is 0 Å². The van der Waals surface area contributed by atoms with Crippen molar-refractivity contribution in [3.05, 3.63) is 78.4 Å². The predicted molar refractivity (Wildman–Crippen MR) is 123 cm³/mol. The van der Waals surface area contributed by atoms with Crippen LogP contribution in [0, 0.1) is 6.07 Å². The fourth-order valence-electron chi connectivity index (χ4n) is 4.56. The Morgan fingerprint density at radius 2 is 1.53 bits per heavy atom. The van der Waals surface area contributed by atoms with E-state index in [4.69, 9.17) is 4.98 Å². The SMILES string of the molecule is CCCCCCCc1cc[c-]c(-c2cc3c4c(cccc4n2)-c2ccccc2-3)c1.[Ir]. The van der Waals surface area contributed by atoms with Gasteiger partial charge in [0.05, 0.1) is 5.52 Å². The third-order valence-electron chi connectivity index (χ3n) is 6.05. The van der Waals surface area contributed by atoms with E-state index in [1.165, 1.54) is 65.3 Å². The molecule has 1 aliphatic rings. The van der Waals surface area contributed by atoms with Gasteiger partial charge in [-0.1, -0.05) is 81.5 Å². The molecule has 3 aromatic carbocycles. The van der Waals surface area contributed by atoms with Crippen LogP contribution in [0.4, 0.5) is 0 Å². The maximum atomic E-state index is 5.02. The van der Waals surface area contributed by atoms with E-state index in [0.29, 0.717) is 0 Å². The van der Waals surface area contributed by atoms with Crippen molar-refractivity contribution in [3.8, 4) is 33.5 Å². The zero-order chi connectivity index (χ0) is 19.6. The number of fused-ring (bicyclic) bond motifs is 3. The van der Waals surface area contributed by atoms with Crippen LogP contribution in [0.15, 0.2) is 66.7 Å². The van der Waals surface area contributed by atoms with Crippen molar-refractivity contribution in [2.45, 2.75) is 45.4 Å². The van der Waals surface area contributed by atoms with E-state index >= 15 is 0 Å². The van der Waals surface area contributed by atoms with Crippen molar-refractivity contribution in [2.24, 2.45) is 0 Å². The molecule has 1 aliphatic carbocycles. The number of hydrogen-bond acceptors (Lipinski definition) is 1. The van der Waals surface area contributed by atoms with Gasteiger partial charge in [0, 0.05) is 25.5 Å². The number of aryl methyl sites for hydroxylation is 1. The second-order valence-corrected chi connectivity index (χ2v) is 8.08. The van der Waals surface area contributed by atoms with Gasteiger partial charge in [-0.3, -0.25) is 4.98 Å². The molecule has 1 aromatic heterocycles. The molecule has 0 amide bonds. The van der Waals surface area contributed by atoms with Crippen LogP contribution >= 0.6 is 0 Å². The zero-order valence-electron chi connectivity index (χ0n) is 17.4. The smallest absolute Gasteiger partial charge is 0.0607 e. The second-order valence-electron chi connectivity index (χ2n) is 8.08. The van der Waals surface area contributed by atoms with Crippen molar-refractivity contribution in [2.75, 3.05) is 0 Å². The summed E-state index contributed by atoms with van der Waals surface area (Å²) >= 11 is 0. The Balaban J connectivity index is 0.00000218. The summed E-state index contributed by atoms with van der Waals surface area (Å²) in [6.45, 7) is 2.27. The van der Waals surface area contributed by atoms with Gasteiger partial charge in [-0.25, -0.2) is 0 Å². The minimum atomic E-state index is 0. The van der Waals surface area contributed by atoms with Crippen LogP contribution in [-0.2, 0) is 26.5 Å². The first kappa shape index (κ1) is 21.0. The third-order valence-corrected chi connectivity index (χ3v) is 6.05. The maximum Gasteiger partial charge on any atom is 0.0607 e. The van der Waals surface area contributed by atoms with Gasteiger partial charge in [0.25, 0.3) is 0 Å². The summed E-state index contributed by atoms with van der Waals surface area (Å²) < 4.78 is 0. The van der Waals surface area contributed by atoms with Gasteiger partial charge in [0.15, 0.2) is 0 Å². The Hall–Kier alpha value is -2.28. The molecule has 0 spiro atoms. The molecule has 0 unspecified atom stereocenters. The largest absolute Gasteiger partial charge is 0.296 e. The van der Waals surface area contributed by atoms with Crippen LogP contribution < -0.4 is 0 Å². The molecule has 1 nitrogen and oxygen atoms in total. The van der Waals surface area contributed by atoms with E-state index < -0.39 is 0 Å². The van der Waals surface area contributed by atoms with Gasteiger partial charge < -0.3 is 0 Å². The monoisotopic (exact) mass is 569 g/mol. The van der Waals surface area contributed by atoms with Crippen LogP contribution in [0.2, 0.25) is 0 Å². The number of nitrogens with zero attached hydrogens (tertiary/aromatic N) is 1. The van der Waals surface area contributed by atoms with Crippen molar-refractivity contribution in [3.63, 3.8) is 0 Å². The van der Waals surface area contributed by atoms with Gasteiger partial charge in [-0.05, 0) is 40.4 Å². The van der Waals surface area contributed by atoms with Crippen LogP contribution in [0.5, 0.6) is 0 Å². The normalized spacial score (nSPS) is 11.4. The predicted octanol–water partition coefficient (Wildman–Crippen LogP) is 7.86. The molecule has 0 N–H and O–H groups in total. The van der Waals surface area contributed by atoms with E-state index in [2.05, 4.69) is 79.7 Å². The summed E-state index contributed by atoms with van der Waals surface area (Å²) in [5, 5.41) is 1.28. The molecule has 0 saturated carbocycles. The standard InChI is InChI=1S/C28H26N.Ir/c1-2-3-4-5-6-11-20-12-9-13-21(18-20)27-19-25-23-15-8-7-14-22(23)24-16-10-17-26(29-27)28(24)25;/h7-10,12,14-19H,2-6,11H2,1H3;/q-1;. The first-order chi connectivity index (χ1) is 14.3. The molecule has 4 aromatic rings. The summed E-state index contributed by atoms with van der Waals surface area (Å²) in [6.07, 6.45) is 7.71. The topological polar surface area (TPSA) is 12.9 Å². The van der Waals surface area contributed by atoms with Gasteiger partial charge in [-0.15, -0.1) is 35.4 Å². The van der Waals surface area contributed by atoms with Crippen molar-refractivity contribution in [1.29, 1.82) is 0 Å². The van der Waals surface area contributed by atoms with Gasteiger partial charge in [0.1, 0.15) is 0 Å². The van der Waals surface area contributed by atoms with Gasteiger partial charge in [0.2, 0.25) is 0 Å². The minimum Gasteiger partial charge on any atom is -0.296 e. The molecule has 1 heterocycles. The molecule has 0 atom stereocenters. The number of hydrogen-bond donors (Lipinski definition) is 0. The first-order valence-corrected chi connectivity index (χ1v) is 10.9. The fourth-order valence-corrected chi connectivity index (χ4v) is 4.56. The van der Waals surface area contributed by atoms with E-state index in [-0.39, 0.29) is 20.1 Å². The van der Waals surface area contributed by atoms with E-state index in [1.54, 1.807) is 0 Å². The van der Waals surface area contributed by atoms with Crippen LogP contribution in [-0.4, -0.2) is 4.98 Å². The van der Waals surface area contributed by atoms with Crippen molar-refractivity contribution < 1.29 is 20.1 Å². The molecule has 30 heavy (non-hydrogen) atoms. The number of unbranched alkanes of at least 4 members (excludes halogenated alkanes) is 4. The average Bonchev–Trinajstić information content (AvgIpc) is 3.09. The number of benzene rings is 3. The Kier molecular flexibility index (Phi) is 6.46. The van der Waals surface area contributed by atoms with Crippen LogP contribution in [0.1, 0.15) is 44.6 Å². The summed E-state index contributed by atoms with van der Waals surface area (Å²) in [4.78, 5) is 5.02. The summed E-state index contributed by atoms with van der Waals surface area (Å²) in [5.41, 5.74) is 9.82. The molecule has 0 aliphatic heterocycles. The number of rotatable bonds is 7. The Morgan fingerprint density at radius 1 is 0.767 bits per heavy atom. The average molecular weight is 569 g/mol. The molecule has 1 radical (unpaired) electrons. The van der Waals surface area contributed by atoms with E-state index in [9.17, 15) is 0 Å². The van der Waals surface area contributed by atoms with E-state index in [1.807, 2.05) is 0 Å². The summed E-state index contributed by atoms with van der Waals surface area (Å²) in [5.74, 6) is 0. The quantitative estimate of drug-likeness (QED) is 0.144. The molecule has 0 saturated heterocycles. The third kappa shape index (κ3) is 3.87. The Bertz CT molecular complexity index is 1180. The van der Waals surface area contributed by atoms with Crippen molar-refractivity contribution >= 4 is 10.9 Å². The second kappa shape index (κ2) is 9.25. The molecule has 0 fully saturated rings.